The van der Waals surface area contributed by atoms with Crippen LogP contribution in [0.3, 0.4) is 0 Å². The van der Waals surface area contributed by atoms with Crippen LogP contribution in [0.2, 0.25) is 0 Å². The van der Waals surface area contributed by atoms with Crippen molar-refractivity contribution >= 4 is 46.1 Å². The van der Waals surface area contributed by atoms with E-state index in [0.29, 0.717) is 0 Å². The second-order valence-electron chi connectivity index (χ2n) is 0. The van der Waals surface area contributed by atoms with Crippen molar-refractivity contribution in [2.45, 2.75) is 13.8 Å². The zero-order valence-electron chi connectivity index (χ0n) is 6.83. The second-order valence-corrected chi connectivity index (χ2v) is 0. The van der Waals surface area contributed by atoms with Gasteiger partial charge in [-0.1, -0.05) is 0 Å². The first kappa shape index (κ1) is 55.6. The molecule has 0 aromatic carbocycles. The maximum Gasteiger partial charge on any atom is 2.00 e. The molecular formula is C6H16Mg2. The molecule has 0 unspecified atom stereocenters. The minimum atomic E-state index is 0. The molecule has 0 aliphatic rings. The van der Waals surface area contributed by atoms with E-state index in [4.69, 9.17) is 0 Å². The van der Waals surface area contributed by atoms with Crippen molar-refractivity contribution in [1.82, 2.24) is 0 Å². The largest absolute Gasteiger partial charge is 2.00 e. The average Bonchev–Trinajstić information content (AvgIpc) is 1.50. The quantitative estimate of drug-likeness (QED) is 0.352. The first-order valence-electron chi connectivity index (χ1n) is 1.41. The fraction of sp³-hybridized carbons (Fsp3) is 0.333. The van der Waals surface area contributed by atoms with Gasteiger partial charge in [-0.2, -0.15) is 13.8 Å². The summed E-state index contributed by atoms with van der Waals surface area (Å²) in [7, 11) is 0. The van der Waals surface area contributed by atoms with Crippen LogP contribution in [0.15, 0.2) is 0 Å². The summed E-state index contributed by atoms with van der Waals surface area (Å²) in [4.78, 5) is 0. The summed E-state index contributed by atoms with van der Waals surface area (Å²) in [6.45, 7) is 10.0. The van der Waals surface area contributed by atoms with Gasteiger partial charge in [-0.15, -0.1) is 0 Å². The van der Waals surface area contributed by atoms with Crippen LogP contribution in [0, 0.1) is 28.7 Å². The Morgan fingerprint density at radius 2 is 0.625 bits per heavy atom. The molecule has 0 nitrogen and oxygen atoms in total. The molecule has 0 atom stereocenters. The van der Waals surface area contributed by atoms with Gasteiger partial charge in [-0.25, -0.2) is 0 Å². The summed E-state index contributed by atoms with van der Waals surface area (Å²) in [6, 6.07) is 0. The van der Waals surface area contributed by atoms with Crippen LogP contribution in [0.1, 0.15) is 13.8 Å². The Hall–Kier alpha value is 1.53. The Kier molecular flexibility index (Phi) is 1430. The van der Waals surface area contributed by atoms with Crippen molar-refractivity contribution in [3.05, 3.63) is 28.7 Å². The molecule has 0 spiro atoms. The van der Waals surface area contributed by atoms with Crippen LogP contribution in [0.25, 0.3) is 0 Å². The van der Waals surface area contributed by atoms with Crippen LogP contribution in [0.5, 0.6) is 0 Å². The molecule has 0 saturated heterocycles. The van der Waals surface area contributed by atoms with Gasteiger partial charge in [0, 0.05) is 0 Å². The van der Waals surface area contributed by atoms with Gasteiger partial charge >= 0.3 is 46.1 Å². The maximum absolute atomic E-state index is 3.25. The fourth-order valence-electron chi connectivity index (χ4n) is 0. The van der Waals surface area contributed by atoms with Crippen LogP contribution in [-0.2, 0) is 0 Å². The first-order valence-corrected chi connectivity index (χ1v) is 1.41. The van der Waals surface area contributed by atoms with Gasteiger partial charge in [0.25, 0.3) is 0 Å². The van der Waals surface area contributed by atoms with E-state index in [9.17, 15) is 0 Å². The van der Waals surface area contributed by atoms with E-state index in [1.807, 2.05) is 0 Å². The zero-order chi connectivity index (χ0) is 4.00. The minimum Gasteiger partial charge on any atom is -0.358 e. The smallest absolute Gasteiger partial charge is 0.358 e. The summed E-state index contributed by atoms with van der Waals surface area (Å²) in [6.07, 6.45) is 0. The molecule has 0 aromatic heterocycles. The van der Waals surface area contributed by atoms with Crippen molar-refractivity contribution in [3.63, 3.8) is 0 Å². The van der Waals surface area contributed by atoms with E-state index >= 15 is 0 Å². The van der Waals surface area contributed by atoms with Gasteiger partial charge in [-0.3, -0.25) is 0 Å². The molecule has 0 aliphatic heterocycles. The predicted molar refractivity (Wildman–Crippen MR) is 46.4 cm³/mol. The van der Waals surface area contributed by atoms with E-state index in [1.165, 1.54) is 0 Å². The van der Waals surface area contributed by atoms with E-state index in [2.05, 4.69) is 13.8 Å². The molecule has 0 amide bonds. The van der Waals surface area contributed by atoms with Crippen molar-refractivity contribution in [3.8, 4) is 0 Å². The topological polar surface area (TPSA) is 0 Å². The number of hydrogen-bond acceptors (Lipinski definition) is 0. The molecule has 0 heterocycles. The number of rotatable bonds is 0. The molecule has 0 radical (unpaired) electrons. The number of hydrogen-bond donors (Lipinski definition) is 0. The van der Waals surface area contributed by atoms with Gasteiger partial charge in [-0.05, 0) is 0 Å². The van der Waals surface area contributed by atoms with E-state index < -0.39 is 0 Å². The Bertz CT molecular complexity index is 6.49. The average molecular weight is 137 g/mol. The summed E-state index contributed by atoms with van der Waals surface area (Å²) in [5.41, 5.74) is 0. The van der Waals surface area contributed by atoms with Crippen LogP contribution >= 0.6 is 0 Å². The van der Waals surface area contributed by atoms with E-state index in [0.717, 1.165) is 0 Å². The summed E-state index contributed by atoms with van der Waals surface area (Å²) in [5, 5.41) is 0. The van der Waals surface area contributed by atoms with Crippen molar-refractivity contribution in [1.29, 1.82) is 0 Å². The molecule has 0 fully saturated rings. The van der Waals surface area contributed by atoms with Crippen molar-refractivity contribution in [2.24, 2.45) is 0 Å². The molecule has 8 heavy (non-hydrogen) atoms. The Balaban J connectivity index is -0.00000000167. The second kappa shape index (κ2) is 206. The minimum absolute atomic E-state index is 0. The normalized spacial score (nSPS) is 1.50. The summed E-state index contributed by atoms with van der Waals surface area (Å²) in [5.74, 6) is 0. The first-order chi connectivity index (χ1) is 2.00. The van der Waals surface area contributed by atoms with Gasteiger partial charge in [0.05, 0.1) is 0 Å². The molecule has 0 rings (SSSR count). The SMILES string of the molecule is [CH2-]C.[CH2-]C.[CH3-].[CH3-].[Mg+2].[Mg+2]. The third-order valence-electron chi connectivity index (χ3n) is 0. The zero-order valence-corrected chi connectivity index (χ0v) is 9.66. The molecule has 2 heteroatoms. The van der Waals surface area contributed by atoms with Gasteiger partial charge in [0.15, 0.2) is 0 Å². The molecule has 0 aliphatic carbocycles. The molecular weight excluding hydrogens is 121 g/mol. The third-order valence-corrected chi connectivity index (χ3v) is 0. The predicted octanol–water partition coefficient (Wildman–Crippen LogP) is 1.82. The third kappa shape index (κ3) is 137. The maximum atomic E-state index is 3.25. The molecule has 0 aromatic rings. The monoisotopic (exact) mass is 136 g/mol. The van der Waals surface area contributed by atoms with Gasteiger partial charge in [0.1, 0.15) is 0 Å². The Labute approximate surface area is 88.1 Å². The van der Waals surface area contributed by atoms with Crippen LogP contribution in [-0.4, -0.2) is 46.1 Å². The standard InChI is InChI=1S/2C2H5.2CH3.2Mg/c2*1-2;;;;/h2*1H2,2H3;2*1H3;;/q4*-1;2*+2. The summed E-state index contributed by atoms with van der Waals surface area (Å²) >= 11 is 0. The Morgan fingerprint density at radius 1 is 0.625 bits per heavy atom. The van der Waals surface area contributed by atoms with E-state index in [1.54, 1.807) is 13.8 Å². The van der Waals surface area contributed by atoms with Crippen LogP contribution in [0.4, 0.5) is 0 Å². The molecule has 0 bridgehead atoms. The molecule has 0 saturated carbocycles. The van der Waals surface area contributed by atoms with Crippen molar-refractivity contribution in [2.75, 3.05) is 0 Å². The van der Waals surface area contributed by atoms with E-state index in [-0.39, 0.29) is 61.0 Å². The Morgan fingerprint density at radius 3 is 0.625 bits per heavy atom. The summed E-state index contributed by atoms with van der Waals surface area (Å²) < 4.78 is 0. The molecule has 0 N–H and O–H groups in total. The molecule has 44 valence electrons. The van der Waals surface area contributed by atoms with Crippen molar-refractivity contribution < 1.29 is 0 Å². The fourth-order valence-corrected chi connectivity index (χ4v) is 0. The van der Waals surface area contributed by atoms with Gasteiger partial charge in [0.2, 0.25) is 0 Å². The van der Waals surface area contributed by atoms with Crippen LogP contribution < -0.4 is 0 Å². The van der Waals surface area contributed by atoms with Gasteiger partial charge < -0.3 is 28.7 Å².